The molecule has 2 aliphatic rings. The van der Waals surface area contributed by atoms with Gasteiger partial charge in [0, 0.05) is 36.3 Å². The molecule has 0 N–H and O–H groups in total. The first-order valence-electron chi connectivity index (χ1n) is 15.0. The van der Waals surface area contributed by atoms with Gasteiger partial charge in [-0.25, -0.2) is 4.98 Å². The topological polar surface area (TPSA) is 19.4 Å². The number of aryl methyl sites for hydroxylation is 1. The number of anilines is 1. The van der Waals surface area contributed by atoms with Crippen LogP contribution in [0.2, 0.25) is 0 Å². The fourth-order valence-electron chi connectivity index (χ4n) is 6.42. The van der Waals surface area contributed by atoms with Crippen LogP contribution in [-0.2, 0) is 24.6 Å². The second kappa shape index (κ2) is 12.6. The summed E-state index contributed by atoms with van der Waals surface area (Å²) >= 11 is 0. The van der Waals surface area contributed by atoms with Gasteiger partial charge in [0.25, 0.3) is 0 Å². The van der Waals surface area contributed by atoms with Gasteiger partial charge in [0.1, 0.15) is 5.82 Å². The lowest BCUT2D eigenvalue weighted by atomic mass is 9.79. The molecule has 2 atom stereocenters. The highest BCUT2D eigenvalue weighted by molar-refractivity contribution is 5.72. The Labute approximate surface area is 256 Å². The largest absolute Gasteiger partial charge is 0.416 e. The summed E-state index contributed by atoms with van der Waals surface area (Å²) in [4.78, 5) is 9.77. The Morgan fingerprint density at radius 3 is 2.37 bits per heavy atom. The Bertz CT molecular complexity index is 1470. The van der Waals surface area contributed by atoms with Crippen LogP contribution in [0.5, 0.6) is 0 Å². The third-order valence-electron chi connectivity index (χ3n) is 9.25. The van der Waals surface area contributed by atoms with Gasteiger partial charge in [-0.15, -0.1) is 6.58 Å². The van der Waals surface area contributed by atoms with Crippen LogP contribution in [0, 0.1) is 0 Å². The van der Waals surface area contributed by atoms with Crippen LogP contribution in [0.25, 0.3) is 11.1 Å². The Morgan fingerprint density at radius 1 is 1.00 bits per heavy atom. The fraction of sp³-hybridized carbons (Fsp3) is 0.432. The molecular formula is C37H46F3N3. The molecule has 0 amide bonds. The molecular weight excluding hydrogens is 543 g/mol. The van der Waals surface area contributed by atoms with Crippen molar-refractivity contribution in [1.82, 2.24) is 9.88 Å². The van der Waals surface area contributed by atoms with Crippen LogP contribution in [0.4, 0.5) is 19.0 Å². The maximum Gasteiger partial charge on any atom is 0.416 e. The van der Waals surface area contributed by atoms with Gasteiger partial charge in [-0.05, 0) is 78.5 Å². The number of benzene rings is 2. The number of likely N-dealkylation sites (tertiary alicyclic amines) is 1. The van der Waals surface area contributed by atoms with Crippen molar-refractivity contribution in [3.63, 3.8) is 0 Å². The van der Waals surface area contributed by atoms with Crippen molar-refractivity contribution in [1.29, 1.82) is 0 Å². The van der Waals surface area contributed by atoms with E-state index in [9.17, 15) is 13.2 Å². The fourth-order valence-corrected chi connectivity index (χ4v) is 6.42. The van der Waals surface area contributed by atoms with Gasteiger partial charge in [-0.2, -0.15) is 13.2 Å². The molecule has 2 fully saturated rings. The number of aromatic nitrogens is 1. The molecule has 2 aliphatic heterocycles. The molecule has 0 saturated carbocycles. The van der Waals surface area contributed by atoms with Crippen LogP contribution in [0.3, 0.4) is 0 Å². The number of alkyl halides is 3. The predicted molar refractivity (Wildman–Crippen MR) is 173 cm³/mol. The lowest BCUT2D eigenvalue weighted by molar-refractivity contribution is -0.137. The molecule has 43 heavy (non-hydrogen) atoms. The molecule has 230 valence electrons. The van der Waals surface area contributed by atoms with E-state index >= 15 is 0 Å². The maximum atomic E-state index is 13.5. The van der Waals surface area contributed by atoms with E-state index in [0.29, 0.717) is 18.5 Å². The van der Waals surface area contributed by atoms with E-state index in [-0.39, 0.29) is 24.8 Å². The van der Waals surface area contributed by atoms with E-state index < -0.39 is 11.7 Å². The maximum absolute atomic E-state index is 13.5. The van der Waals surface area contributed by atoms with E-state index in [2.05, 4.69) is 81.0 Å². The zero-order chi connectivity index (χ0) is 30.2. The standard InChI is InChI=1S/C36H42F3N3.CH4/c1-7-17-35(5,6)28-14-13-26(8-2)32(22-28)30-15-16-34(41-18-10-19-41)40-33(30)23-42-24(3)20-31(25(42)4)27-11-9-12-29(21-27)36(37,38)39;/h7,9,11-16,21-22,25,31H,1,3,8,10,17-20,23H2,2,4-6H3;1H4. The zero-order valence-corrected chi connectivity index (χ0v) is 25.3. The Balaban J connectivity index is 0.00000423. The number of hydrogen-bond acceptors (Lipinski definition) is 3. The highest BCUT2D eigenvalue weighted by Gasteiger charge is 2.37. The van der Waals surface area contributed by atoms with Crippen molar-refractivity contribution in [2.24, 2.45) is 0 Å². The lowest BCUT2D eigenvalue weighted by Crippen LogP contribution is -2.38. The Morgan fingerprint density at radius 2 is 1.74 bits per heavy atom. The third-order valence-corrected chi connectivity index (χ3v) is 9.25. The number of pyridine rings is 1. The van der Waals surface area contributed by atoms with Crippen molar-refractivity contribution >= 4 is 5.82 Å². The summed E-state index contributed by atoms with van der Waals surface area (Å²) in [5.74, 6) is 0.907. The van der Waals surface area contributed by atoms with Gasteiger partial charge < -0.3 is 9.80 Å². The van der Waals surface area contributed by atoms with Crippen molar-refractivity contribution < 1.29 is 13.2 Å². The van der Waals surface area contributed by atoms with E-state index in [1.165, 1.54) is 28.8 Å². The minimum absolute atomic E-state index is 0. The van der Waals surface area contributed by atoms with Crippen molar-refractivity contribution in [2.75, 3.05) is 18.0 Å². The molecule has 1 aromatic heterocycles. The SMILES string of the molecule is C.C=CCC(C)(C)c1ccc(CC)c(-c2ccc(N3CCC3)nc2CN2C(=C)CC(c3cccc(C(F)(F)F)c3)C2C)c1. The molecule has 0 bridgehead atoms. The first-order chi connectivity index (χ1) is 19.9. The highest BCUT2D eigenvalue weighted by atomic mass is 19.4. The Hall–Kier alpha value is -3.54. The second-order valence-corrected chi connectivity index (χ2v) is 12.5. The van der Waals surface area contributed by atoms with Gasteiger partial charge in [0.2, 0.25) is 0 Å². The number of allylic oxidation sites excluding steroid dienone is 2. The van der Waals surface area contributed by atoms with Gasteiger partial charge in [0.05, 0.1) is 17.8 Å². The summed E-state index contributed by atoms with van der Waals surface area (Å²) in [7, 11) is 0. The third kappa shape index (κ3) is 6.53. The van der Waals surface area contributed by atoms with Gasteiger partial charge in [-0.1, -0.05) is 77.3 Å². The number of halogens is 3. The van der Waals surface area contributed by atoms with Crippen LogP contribution in [0.1, 0.15) is 88.2 Å². The molecule has 2 unspecified atom stereocenters. The number of hydrogen-bond donors (Lipinski definition) is 0. The van der Waals surface area contributed by atoms with Crippen LogP contribution >= 0.6 is 0 Å². The van der Waals surface area contributed by atoms with Gasteiger partial charge >= 0.3 is 6.18 Å². The predicted octanol–water partition coefficient (Wildman–Crippen LogP) is 9.92. The van der Waals surface area contributed by atoms with Crippen molar-refractivity contribution in [2.45, 2.75) is 90.9 Å². The molecule has 3 nitrogen and oxygen atoms in total. The van der Waals surface area contributed by atoms with Gasteiger partial charge in [-0.3, -0.25) is 0 Å². The number of rotatable bonds is 9. The smallest absolute Gasteiger partial charge is 0.366 e. The summed E-state index contributed by atoms with van der Waals surface area (Å²) in [5, 5.41) is 0. The summed E-state index contributed by atoms with van der Waals surface area (Å²) in [5.41, 5.74) is 6.78. The molecule has 3 aromatic rings. The molecule has 0 radical (unpaired) electrons. The first kappa shape index (κ1) is 32.4. The Kier molecular flexibility index (Phi) is 9.48. The summed E-state index contributed by atoms with van der Waals surface area (Å²) in [6.07, 6.45) is 1.17. The van der Waals surface area contributed by atoms with Crippen LogP contribution in [-0.4, -0.2) is 29.0 Å². The second-order valence-electron chi connectivity index (χ2n) is 12.5. The van der Waals surface area contributed by atoms with E-state index in [4.69, 9.17) is 4.98 Å². The molecule has 0 aliphatic carbocycles. The van der Waals surface area contributed by atoms with E-state index in [0.717, 1.165) is 61.2 Å². The molecule has 3 heterocycles. The number of nitrogens with zero attached hydrogens (tertiary/aromatic N) is 3. The molecule has 6 heteroatoms. The van der Waals surface area contributed by atoms with Crippen LogP contribution in [0.15, 0.2) is 79.5 Å². The normalized spacial score (nSPS) is 18.8. The lowest BCUT2D eigenvalue weighted by Gasteiger charge is -2.33. The highest BCUT2D eigenvalue weighted by Crippen LogP contribution is 2.43. The average Bonchev–Trinajstić information content (AvgIpc) is 3.20. The molecule has 5 rings (SSSR count). The van der Waals surface area contributed by atoms with Crippen molar-refractivity contribution in [3.05, 3.63) is 107 Å². The molecule has 2 aromatic carbocycles. The van der Waals surface area contributed by atoms with Crippen molar-refractivity contribution in [3.8, 4) is 11.1 Å². The molecule has 0 spiro atoms. The van der Waals surface area contributed by atoms with E-state index in [1.807, 2.05) is 12.1 Å². The zero-order valence-electron chi connectivity index (χ0n) is 25.3. The first-order valence-corrected chi connectivity index (χ1v) is 15.0. The van der Waals surface area contributed by atoms with Crippen LogP contribution < -0.4 is 4.90 Å². The quantitative estimate of drug-likeness (QED) is 0.232. The van der Waals surface area contributed by atoms with Gasteiger partial charge in [0.15, 0.2) is 0 Å². The summed E-state index contributed by atoms with van der Waals surface area (Å²) in [6, 6.07) is 16.9. The summed E-state index contributed by atoms with van der Waals surface area (Å²) in [6.45, 7) is 19.7. The van der Waals surface area contributed by atoms with E-state index in [1.54, 1.807) is 0 Å². The minimum atomic E-state index is -4.36. The average molecular weight is 590 g/mol. The molecule has 2 saturated heterocycles. The summed E-state index contributed by atoms with van der Waals surface area (Å²) < 4.78 is 40.5. The monoisotopic (exact) mass is 589 g/mol. The minimum Gasteiger partial charge on any atom is -0.366 e.